The third-order valence-electron chi connectivity index (χ3n) is 2.07. The van der Waals surface area contributed by atoms with Crippen molar-refractivity contribution in [1.29, 1.82) is 0 Å². The Morgan fingerprint density at radius 3 is 2.38 bits per heavy atom. The summed E-state index contributed by atoms with van der Waals surface area (Å²) in [6.45, 7) is 0.695. The third-order valence-corrected chi connectivity index (χ3v) is 2.07. The van der Waals surface area contributed by atoms with E-state index in [4.69, 9.17) is 5.73 Å². The second kappa shape index (κ2) is 5.86. The van der Waals surface area contributed by atoms with E-state index in [1.807, 2.05) is 30.3 Å². The van der Waals surface area contributed by atoms with Gasteiger partial charge in [-0.25, -0.2) is 0 Å². The zero-order valence-corrected chi connectivity index (χ0v) is 8.80. The molecule has 1 aromatic rings. The lowest BCUT2D eigenvalue weighted by Gasteiger charge is -2.14. The van der Waals surface area contributed by atoms with Crippen LogP contribution in [0.15, 0.2) is 30.3 Å². The first kappa shape index (κ1) is 13.0. The molecule has 0 heterocycles. The van der Waals surface area contributed by atoms with Crippen LogP contribution < -0.4 is 11.1 Å². The van der Waals surface area contributed by atoms with Gasteiger partial charge in [0.15, 0.2) is 0 Å². The smallest absolute Gasteiger partial charge is 0.326 e. The minimum absolute atomic E-state index is 0.161. The molecule has 0 amide bonds. The number of halogens is 3. The van der Waals surface area contributed by atoms with E-state index >= 15 is 0 Å². The minimum atomic E-state index is -4.19. The molecule has 1 atom stereocenters. The van der Waals surface area contributed by atoms with Gasteiger partial charge >= 0.3 is 6.18 Å². The second-order valence-electron chi connectivity index (χ2n) is 3.70. The summed E-state index contributed by atoms with van der Waals surface area (Å²) in [4.78, 5) is 0. The van der Waals surface area contributed by atoms with E-state index in [9.17, 15) is 13.2 Å². The van der Waals surface area contributed by atoms with Crippen molar-refractivity contribution in [3.05, 3.63) is 35.9 Å². The molecule has 0 aliphatic carbocycles. The largest absolute Gasteiger partial charge is 0.390 e. The summed E-state index contributed by atoms with van der Waals surface area (Å²) < 4.78 is 35.8. The monoisotopic (exact) mass is 232 g/mol. The van der Waals surface area contributed by atoms with E-state index in [-0.39, 0.29) is 6.54 Å². The van der Waals surface area contributed by atoms with Gasteiger partial charge in [-0.05, 0) is 5.56 Å². The minimum Gasteiger partial charge on any atom is -0.326 e. The summed E-state index contributed by atoms with van der Waals surface area (Å²) in [5.74, 6) is 0. The zero-order valence-electron chi connectivity index (χ0n) is 8.80. The van der Waals surface area contributed by atoms with Crippen molar-refractivity contribution in [2.24, 2.45) is 5.73 Å². The first-order valence-corrected chi connectivity index (χ1v) is 5.04. The fourth-order valence-corrected chi connectivity index (χ4v) is 1.37. The van der Waals surface area contributed by atoms with Crippen LogP contribution in [0, 0.1) is 0 Å². The number of hydrogen-bond acceptors (Lipinski definition) is 2. The molecular formula is C11H15F3N2. The number of nitrogens with one attached hydrogen (secondary N) is 1. The van der Waals surface area contributed by atoms with Gasteiger partial charge in [0, 0.05) is 19.1 Å². The predicted octanol–water partition coefficient (Wildman–Crippen LogP) is 2.06. The van der Waals surface area contributed by atoms with Gasteiger partial charge in [0.25, 0.3) is 0 Å². The maximum absolute atomic E-state index is 11.9. The van der Waals surface area contributed by atoms with Gasteiger partial charge in [-0.15, -0.1) is 0 Å². The van der Waals surface area contributed by atoms with Gasteiger partial charge in [0.2, 0.25) is 0 Å². The van der Waals surface area contributed by atoms with Gasteiger partial charge in [-0.2, -0.15) is 13.2 Å². The lowest BCUT2D eigenvalue weighted by molar-refractivity contribution is -0.137. The molecule has 5 heteroatoms. The Balaban J connectivity index is 2.21. The van der Waals surface area contributed by atoms with Crippen LogP contribution in [0.5, 0.6) is 0 Å². The van der Waals surface area contributed by atoms with Crippen molar-refractivity contribution in [3.63, 3.8) is 0 Å². The van der Waals surface area contributed by atoms with Crippen molar-refractivity contribution < 1.29 is 13.2 Å². The average molecular weight is 232 g/mol. The Morgan fingerprint density at radius 2 is 1.81 bits per heavy atom. The van der Waals surface area contributed by atoms with E-state index in [0.717, 1.165) is 5.56 Å². The SMILES string of the molecule is NC(CNCc1ccccc1)CC(F)(F)F. The topological polar surface area (TPSA) is 38.0 Å². The molecule has 90 valence electrons. The van der Waals surface area contributed by atoms with E-state index in [0.29, 0.717) is 6.54 Å². The Hall–Kier alpha value is -1.07. The molecule has 3 N–H and O–H groups in total. The van der Waals surface area contributed by atoms with Crippen molar-refractivity contribution in [2.45, 2.75) is 25.2 Å². The molecule has 0 saturated carbocycles. The quantitative estimate of drug-likeness (QED) is 0.815. The van der Waals surface area contributed by atoms with E-state index in [1.54, 1.807) is 0 Å². The van der Waals surface area contributed by atoms with Gasteiger partial charge in [-0.1, -0.05) is 30.3 Å². The van der Waals surface area contributed by atoms with Crippen LogP contribution in [0.25, 0.3) is 0 Å². The molecule has 0 fully saturated rings. The van der Waals surface area contributed by atoms with Crippen molar-refractivity contribution in [1.82, 2.24) is 5.32 Å². The van der Waals surface area contributed by atoms with E-state index in [2.05, 4.69) is 5.32 Å². The maximum Gasteiger partial charge on any atom is 0.390 e. The predicted molar refractivity (Wildman–Crippen MR) is 56.8 cm³/mol. The second-order valence-corrected chi connectivity index (χ2v) is 3.70. The molecule has 0 aliphatic rings. The molecule has 0 saturated heterocycles. The Morgan fingerprint density at radius 1 is 1.19 bits per heavy atom. The van der Waals surface area contributed by atoms with Crippen LogP contribution in [0.4, 0.5) is 13.2 Å². The number of nitrogens with two attached hydrogens (primary N) is 1. The van der Waals surface area contributed by atoms with Crippen LogP contribution in [0.1, 0.15) is 12.0 Å². The van der Waals surface area contributed by atoms with Crippen LogP contribution in [0.3, 0.4) is 0 Å². The molecule has 1 rings (SSSR count). The summed E-state index contributed by atoms with van der Waals surface area (Å²) in [5.41, 5.74) is 6.37. The van der Waals surface area contributed by atoms with Crippen LogP contribution in [-0.4, -0.2) is 18.8 Å². The lowest BCUT2D eigenvalue weighted by Crippen LogP contribution is -2.37. The number of benzene rings is 1. The Labute approximate surface area is 92.6 Å². The Kier molecular flexibility index (Phi) is 4.76. The van der Waals surface area contributed by atoms with Gasteiger partial charge in [0.05, 0.1) is 6.42 Å². The number of rotatable bonds is 5. The third kappa shape index (κ3) is 5.72. The summed E-state index contributed by atoms with van der Waals surface area (Å²) in [5, 5.41) is 2.90. The van der Waals surface area contributed by atoms with Crippen LogP contribution in [0.2, 0.25) is 0 Å². The molecule has 1 aromatic carbocycles. The Bertz CT molecular complexity index is 298. The molecule has 2 nitrogen and oxygen atoms in total. The molecule has 0 spiro atoms. The first-order chi connectivity index (χ1) is 7.47. The molecule has 16 heavy (non-hydrogen) atoms. The molecule has 0 aromatic heterocycles. The van der Waals surface area contributed by atoms with Gasteiger partial charge in [-0.3, -0.25) is 0 Å². The molecular weight excluding hydrogens is 217 g/mol. The number of alkyl halides is 3. The first-order valence-electron chi connectivity index (χ1n) is 5.04. The normalized spacial score (nSPS) is 13.8. The lowest BCUT2D eigenvalue weighted by atomic mass is 10.2. The van der Waals surface area contributed by atoms with Crippen LogP contribution in [-0.2, 0) is 6.54 Å². The van der Waals surface area contributed by atoms with Crippen molar-refractivity contribution >= 4 is 0 Å². The van der Waals surface area contributed by atoms with E-state index < -0.39 is 18.6 Å². The average Bonchev–Trinajstić information content (AvgIpc) is 2.16. The summed E-state index contributed by atoms with van der Waals surface area (Å²) in [6, 6.07) is 8.58. The van der Waals surface area contributed by atoms with Crippen LogP contribution >= 0.6 is 0 Å². The highest BCUT2D eigenvalue weighted by atomic mass is 19.4. The molecule has 0 bridgehead atoms. The molecule has 1 unspecified atom stereocenters. The fraction of sp³-hybridized carbons (Fsp3) is 0.455. The van der Waals surface area contributed by atoms with Gasteiger partial charge in [0.1, 0.15) is 0 Å². The van der Waals surface area contributed by atoms with Crippen molar-refractivity contribution in [2.75, 3.05) is 6.54 Å². The summed E-state index contributed by atoms with van der Waals surface area (Å²) in [7, 11) is 0. The van der Waals surface area contributed by atoms with Crippen molar-refractivity contribution in [3.8, 4) is 0 Å². The highest BCUT2D eigenvalue weighted by Gasteiger charge is 2.29. The summed E-state index contributed by atoms with van der Waals surface area (Å²) in [6.07, 6.45) is -5.14. The highest BCUT2D eigenvalue weighted by Crippen LogP contribution is 2.20. The number of hydrogen-bond donors (Lipinski definition) is 2. The van der Waals surface area contributed by atoms with E-state index in [1.165, 1.54) is 0 Å². The highest BCUT2D eigenvalue weighted by molar-refractivity contribution is 5.14. The van der Waals surface area contributed by atoms with Gasteiger partial charge < -0.3 is 11.1 Å². The standard InChI is InChI=1S/C11H15F3N2/c12-11(13,14)6-10(15)8-16-7-9-4-2-1-3-5-9/h1-5,10,16H,6-8,15H2. The molecule has 0 aliphatic heterocycles. The molecule has 0 radical (unpaired) electrons. The summed E-state index contributed by atoms with van der Waals surface area (Å²) >= 11 is 0. The fourth-order valence-electron chi connectivity index (χ4n) is 1.37. The maximum atomic E-state index is 11.9. The zero-order chi connectivity index (χ0) is 12.0.